The molecule has 1 aromatic carbocycles. The van der Waals surface area contributed by atoms with E-state index >= 15 is 0 Å². The maximum atomic E-state index is 12.0. The molecule has 0 aliphatic heterocycles. The van der Waals surface area contributed by atoms with Crippen molar-refractivity contribution in [1.29, 1.82) is 0 Å². The molecule has 0 saturated heterocycles. The number of nitro benzene ring substituents is 1. The Morgan fingerprint density at radius 3 is 2.54 bits per heavy atom. The van der Waals surface area contributed by atoms with Gasteiger partial charge in [0.1, 0.15) is 11.3 Å². The third-order valence-corrected chi connectivity index (χ3v) is 3.05. The summed E-state index contributed by atoms with van der Waals surface area (Å²) in [7, 11) is 0. The number of hydrogen-bond acceptors (Lipinski definition) is 9. The Morgan fingerprint density at radius 2 is 1.92 bits per heavy atom. The van der Waals surface area contributed by atoms with Crippen LogP contribution in [0, 0.1) is 20.2 Å². The van der Waals surface area contributed by atoms with Crippen molar-refractivity contribution in [2.24, 2.45) is 0 Å². The van der Waals surface area contributed by atoms with E-state index in [0.717, 1.165) is 12.4 Å². The molecule has 1 amide bonds. The summed E-state index contributed by atoms with van der Waals surface area (Å²) >= 11 is 5.65. The second kappa shape index (κ2) is 6.70. The zero-order valence-corrected chi connectivity index (χ0v) is 12.4. The van der Waals surface area contributed by atoms with Gasteiger partial charge in [0.15, 0.2) is 0 Å². The first-order chi connectivity index (χ1) is 11.3. The number of carbonyl (C=O) groups excluding carboxylic acids is 1. The van der Waals surface area contributed by atoms with Crippen LogP contribution in [0.25, 0.3) is 0 Å². The van der Waals surface area contributed by atoms with Gasteiger partial charge in [0.05, 0.1) is 9.85 Å². The molecule has 24 heavy (non-hydrogen) atoms. The van der Waals surface area contributed by atoms with Gasteiger partial charge in [-0.05, 0) is 12.1 Å². The molecular weight excluding hydrogens is 346 g/mol. The summed E-state index contributed by atoms with van der Waals surface area (Å²) < 4.78 is 0. The molecule has 0 atom stereocenters. The van der Waals surface area contributed by atoms with Crippen LogP contribution in [-0.4, -0.2) is 25.7 Å². The third-order valence-electron chi connectivity index (χ3n) is 2.73. The van der Waals surface area contributed by atoms with Crippen LogP contribution in [0.2, 0.25) is 5.02 Å². The molecule has 13 heteroatoms. The molecule has 0 bridgehead atoms. The first kappa shape index (κ1) is 16.8. The van der Waals surface area contributed by atoms with Crippen molar-refractivity contribution < 1.29 is 14.6 Å². The Morgan fingerprint density at radius 1 is 1.21 bits per heavy atom. The van der Waals surface area contributed by atoms with E-state index in [9.17, 15) is 25.0 Å². The van der Waals surface area contributed by atoms with E-state index in [1.54, 1.807) is 0 Å². The molecule has 0 fully saturated rings. The number of nitro groups is 2. The van der Waals surface area contributed by atoms with Gasteiger partial charge in [-0.2, -0.15) is 0 Å². The predicted molar refractivity (Wildman–Crippen MR) is 82.3 cm³/mol. The van der Waals surface area contributed by atoms with Crippen molar-refractivity contribution in [3.05, 3.63) is 55.3 Å². The number of nitrogens with one attached hydrogen (secondary N) is 2. The van der Waals surface area contributed by atoms with Crippen molar-refractivity contribution in [2.45, 2.75) is 0 Å². The smallest absolute Gasteiger partial charge is 0.354 e. The van der Waals surface area contributed by atoms with Crippen LogP contribution >= 0.6 is 11.6 Å². The van der Waals surface area contributed by atoms with E-state index in [4.69, 9.17) is 17.3 Å². The van der Waals surface area contributed by atoms with Crippen LogP contribution in [0.15, 0.2) is 24.5 Å². The molecule has 2 aromatic rings. The van der Waals surface area contributed by atoms with E-state index in [0.29, 0.717) is 0 Å². The van der Waals surface area contributed by atoms with Crippen molar-refractivity contribution in [1.82, 2.24) is 15.4 Å². The largest absolute Gasteiger partial charge is 0.378 e. The number of amides is 1. The van der Waals surface area contributed by atoms with Gasteiger partial charge in [-0.3, -0.25) is 35.9 Å². The van der Waals surface area contributed by atoms with Crippen molar-refractivity contribution in [3.63, 3.8) is 0 Å². The minimum atomic E-state index is -0.822. The molecule has 124 valence electrons. The highest BCUT2D eigenvalue weighted by atomic mass is 35.5. The summed E-state index contributed by atoms with van der Waals surface area (Å²) in [6.07, 6.45) is 0.962. The summed E-state index contributed by atoms with van der Waals surface area (Å²) in [6, 6.07) is 3.39. The van der Waals surface area contributed by atoms with E-state index in [1.165, 1.54) is 12.1 Å². The maximum absolute atomic E-state index is 12.0. The zero-order chi connectivity index (χ0) is 17.9. The van der Waals surface area contributed by atoms with Gasteiger partial charge in [0, 0.05) is 11.6 Å². The average molecular weight is 354 g/mol. The highest BCUT2D eigenvalue weighted by Gasteiger charge is 2.22. The Balaban J connectivity index is 2.21. The van der Waals surface area contributed by atoms with Gasteiger partial charge in [0.25, 0.3) is 11.6 Å². The lowest BCUT2D eigenvalue weighted by atomic mass is 10.2. The Kier molecular flexibility index (Phi) is 4.70. The number of anilines is 2. The molecule has 4 N–H and O–H groups in total. The number of aromatic nitrogens is 2. The quantitative estimate of drug-likeness (QED) is 0.527. The fraction of sp³-hybridized carbons (Fsp3) is 0. The lowest BCUT2D eigenvalue weighted by Gasteiger charge is -2.08. The zero-order valence-electron chi connectivity index (χ0n) is 11.6. The monoisotopic (exact) mass is 353 g/mol. The minimum Gasteiger partial charge on any atom is -0.378 e. The molecule has 12 nitrogen and oxygen atoms in total. The lowest BCUT2D eigenvalue weighted by Crippen LogP contribution is -2.30. The first-order valence-corrected chi connectivity index (χ1v) is 6.44. The third kappa shape index (κ3) is 3.44. The predicted octanol–water partition coefficient (Wildman–Crippen LogP) is 1.29. The van der Waals surface area contributed by atoms with Gasteiger partial charge in [0.2, 0.25) is 11.6 Å². The molecule has 1 aromatic heterocycles. The van der Waals surface area contributed by atoms with Crippen LogP contribution in [-0.2, 0) is 0 Å². The lowest BCUT2D eigenvalue weighted by molar-refractivity contribution is -0.384. The number of rotatable bonds is 5. The van der Waals surface area contributed by atoms with E-state index in [2.05, 4.69) is 20.8 Å². The van der Waals surface area contributed by atoms with E-state index < -0.39 is 32.9 Å². The van der Waals surface area contributed by atoms with Crippen LogP contribution < -0.4 is 16.6 Å². The summed E-state index contributed by atoms with van der Waals surface area (Å²) in [4.78, 5) is 39.2. The fourth-order valence-electron chi connectivity index (χ4n) is 1.65. The summed E-state index contributed by atoms with van der Waals surface area (Å²) in [5, 5.41) is 21.6. The van der Waals surface area contributed by atoms with Crippen LogP contribution in [0.3, 0.4) is 0 Å². The van der Waals surface area contributed by atoms with Crippen LogP contribution in [0.1, 0.15) is 10.4 Å². The van der Waals surface area contributed by atoms with Gasteiger partial charge in [-0.15, -0.1) is 0 Å². The molecule has 2 rings (SSSR count). The Hall–Kier alpha value is -3.54. The summed E-state index contributed by atoms with van der Waals surface area (Å²) in [5.74, 6) is -1.54. The second-order valence-electron chi connectivity index (χ2n) is 4.22. The van der Waals surface area contributed by atoms with Crippen molar-refractivity contribution in [2.75, 3.05) is 11.2 Å². The molecule has 0 saturated carbocycles. The fourth-order valence-corrected chi connectivity index (χ4v) is 1.83. The minimum absolute atomic E-state index is 0.0942. The van der Waals surface area contributed by atoms with E-state index in [1.807, 2.05) is 0 Å². The Labute approximate surface area is 137 Å². The molecular formula is C11H8ClN7O5. The number of hydrogen-bond donors (Lipinski definition) is 3. The van der Waals surface area contributed by atoms with Crippen molar-refractivity contribution in [3.8, 4) is 0 Å². The highest BCUT2D eigenvalue weighted by Crippen LogP contribution is 2.26. The Bertz CT molecular complexity index is 844. The molecule has 0 radical (unpaired) electrons. The van der Waals surface area contributed by atoms with Gasteiger partial charge < -0.3 is 5.73 Å². The topological polar surface area (TPSA) is 179 Å². The summed E-state index contributed by atoms with van der Waals surface area (Å²) in [6.45, 7) is 0. The molecule has 0 unspecified atom stereocenters. The number of nitrogens with two attached hydrogens (primary N) is 1. The average Bonchev–Trinajstić information content (AvgIpc) is 2.52. The van der Waals surface area contributed by atoms with Gasteiger partial charge >= 0.3 is 5.69 Å². The van der Waals surface area contributed by atoms with Crippen LogP contribution in [0.4, 0.5) is 23.0 Å². The SMILES string of the molecule is Nc1ncnc(NNC(=O)c2ccc(Cl)c([N+](=O)[O-])c2)c1[N+](=O)[O-]. The number of halogens is 1. The normalized spacial score (nSPS) is 10.0. The molecule has 0 spiro atoms. The van der Waals surface area contributed by atoms with Crippen LogP contribution in [0.5, 0.6) is 0 Å². The molecule has 1 heterocycles. The van der Waals surface area contributed by atoms with E-state index in [-0.39, 0.29) is 16.4 Å². The number of nitrogen functional groups attached to an aromatic ring is 1. The number of carbonyl (C=O) groups is 1. The van der Waals surface area contributed by atoms with Crippen molar-refractivity contribution >= 4 is 40.5 Å². The number of nitrogens with zero attached hydrogens (tertiary/aromatic N) is 4. The highest BCUT2D eigenvalue weighted by molar-refractivity contribution is 6.32. The maximum Gasteiger partial charge on any atom is 0.354 e. The first-order valence-electron chi connectivity index (χ1n) is 6.06. The van der Waals surface area contributed by atoms with Gasteiger partial charge in [-0.25, -0.2) is 9.97 Å². The summed E-state index contributed by atoms with van der Waals surface area (Å²) in [5.41, 5.74) is 8.54. The standard InChI is InChI=1S/C11H8ClN7O5/c12-6-2-1-5(3-7(6)18(21)22)11(20)17-16-10-8(19(23)24)9(13)14-4-15-10/h1-4H,(H,17,20)(H3,13,14,15,16). The molecule has 0 aliphatic carbocycles. The number of hydrazine groups is 1. The second-order valence-corrected chi connectivity index (χ2v) is 4.62. The van der Waals surface area contributed by atoms with Gasteiger partial charge in [-0.1, -0.05) is 11.6 Å². The molecule has 0 aliphatic rings. The number of benzene rings is 1.